The third-order valence-corrected chi connectivity index (χ3v) is 3.99. The van der Waals surface area contributed by atoms with E-state index in [4.69, 9.17) is 32.7 Å². The SMILES string of the molecule is COc1ccc(/C=C2N=C(/C=C/c3ccc(Cl)cc3Cl)OC\2=O)cc1. The van der Waals surface area contributed by atoms with Gasteiger partial charge in [0.25, 0.3) is 0 Å². The number of hydrogen-bond donors (Lipinski definition) is 0. The average molecular weight is 374 g/mol. The van der Waals surface area contributed by atoms with Crippen LogP contribution in [0.25, 0.3) is 12.2 Å². The lowest BCUT2D eigenvalue weighted by molar-refractivity contribution is -0.129. The van der Waals surface area contributed by atoms with Crippen LogP contribution in [-0.2, 0) is 9.53 Å². The van der Waals surface area contributed by atoms with Gasteiger partial charge >= 0.3 is 5.97 Å². The van der Waals surface area contributed by atoms with E-state index in [0.717, 1.165) is 16.9 Å². The Balaban J connectivity index is 1.79. The maximum atomic E-state index is 11.9. The molecule has 0 radical (unpaired) electrons. The highest BCUT2D eigenvalue weighted by atomic mass is 35.5. The molecule has 1 heterocycles. The van der Waals surface area contributed by atoms with Crippen molar-refractivity contribution in [3.63, 3.8) is 0 Å². The van der Waals surface area contributed by atoms with Crippen molar-refractivity contribution >= 4 is 47.2 Å². The number of ether oxygens (including phenoxy) is 2. The first-order valence-corrected chi connectivity index (χ1v) is 8.10. The number of methoxy groups -OCH3 is 1. The molecule has 2 aromatic rings. The summed E-state index contributed by atoms with van der Waals surface area (Å²) in [7, 11) is 1.59. The predicted octanol–water partition coefficient (Wildman–Crippen LogP) is 5.01. The van der Waals surface area contributed by atoms with Crippen molar-refractivity contribution in [3.8, 4) is 5.75 Å². The highest BCUT2D eigenvalue weighted by molar-refractivity contribution is 6.35. The van der Waals surface area contributed by atoms with Gasteiger partial charge in [-0.05, 0) is 47.5 Å². The molecule has 0 saturated heterocycles. The molecule has 0 atom stereocenters. The summed E-state index contributed by atoms with van der Waals surface area (Å²) < 4.78 is 10.2. The fourth-order valence-corrected chi connectivity index (χ4v) is 2.62. The topological polar surface area (TPSA) is 47.9 Å². The van der Waals surface area contributed by atoms with E-state index in [1.807, 2.05) is 12.1 Å². The van der Waals surface area contributed by atoms with Crippen LogP contribution >= 0.6 is 23.2 Å². The van der Waals surface area contributed by atoms with Crippen LogP contribution < -0.4 is 4.74 Å². The zero-order valence-corrected chi connectivity index (χ0v) is 14.7. The van der Waals surface area contributed by atoms with E-state index < -0.39 is 5.97 Å². The quantitative estimate of drug-likeness (QED) is 0.558. The van der Waals surface area contributed by atoms with Crippen molar-refractivity contribution in [2.24, 2.45) is 4.99 Å². The van der Waals surface area contributed by atoms with E-state index >= 15 is 0 Å². The fraction of sp³-hybridized carbons (Fsp3) is 0.0526. The Morgan fingerprint density at radius 2 is 1.84 bits per heavy atom. The molecule has 0 unspecified atom stereocenters. The number of benzene rings is 2. The van der Waals surface area contributed by atoms with Crippen LogP contribution in [0.15, 0.2) is 59.2 Å². The van der Waals surface area contributed by atoms with Crippen LogP contribution in [-0.4, -0.2) is 19.0 Å². The molecular weight excluding hydrogens is 361 g/mol. The molecule has 1 aliphatic rings. The molecule has 0 amide bonds. The molecule has 0 bridgehead atoms. The van der Waals surface area contributed by atoms with Crippen molar-refractivity contribution in [2.75, 3.05) is 7.11 Å². The average Bonchev–Trinajstić information content (AvgIpc) is 2.94. The van der Waals surface area contributed by atoms with Gasteiger partial charge < -0.3 is 9.47 Å². The van der Waals surface area contributed by atoms with E-state index in [-0.39, 0.29) is 11.6 Å². The first-order chi connectivity index (χ1) is 12.0. The molecule has 0 aliphatic carbocycles. The van der Waals surface area contributed by atoms with E-state index in [9.17, 15) is 4.79 Å². The zero-order valence-electron chi connectivity index (χ0n) is 13.2. The Morgan fingerprint density at radius 1 is 1.08 bits per heavy atom. The Hall–Kier alpha value is -2.56. The lowest BCUT2D eigenvalue weighted by Crippen LogP contribution is -2.01. The number of cyclic esters (lactones) is 1. The lowest BCUT2D eigenvalue weighted by Gasteiger charge is -1.99. The largest absolute Gasteiger partial charge is 0.497 e. The molecule has 0 N–H and O–H groups in total. The van der Waals surface area contributed by atoms with Gasteiger partial charge in [0.1, 0.15) is 5.75 Å². The molecule has 2 aromatic carbocycles. The summed E-state index contributed by atoms with van der Waals surface area (Å²) in [5.41, 5.74) is 1.80. The van der Waals surface area contributed by atoms with Gasteiger partial charge in [-0.25, -0.2) is 9.79 Å². The molecule has 0 aromatic heterocycles. The Bertz CT molecular complexity index is 899. The summed E-state index contributed by atoms with van der Waals surface area (Å²) in [4.78, 5) is 16.1. The summed E-state index contributed by atoms with van der Waals surface area (Å²) in [6.45, 7) is 0. The second-order valence-corrected chi connectivity index (χ2v) is 5.99. The molecular formula is C19H13Cl2NO3. The number of rotatable bonds is 4. The van der Waals surface area contributed by atoms with Gasteiger partial charge in [0.15, 0.2) is 5.70 Å². The lowest BCUT2D eigenvalue weighted by atomic mass is 10.2. The number of nitrogens with zero attached hydrogens (tertiary/aromatic N) is 1. The standard InChI is InChI=1S/C19H13Cl2NO3/c1-24-15-7-2-12(3-8-15)10-17-19(23)25-18(22-17)9-5-13-4-6-14(20)11-16(13)21/h2-11H,1H3/b9-5+,17-10-. The van der Waals surface area contributed by atoms with Crippen LogP contribution in [0.2, 0.25) is 10.0 Å². The zero-order chi connectivity index (χ0) is 17.8. The number of halogens is 2. The number of carbonyl (C=O) groups is 1. The van der Waals surface area contributed by atoms with Crippen LogP contribution in [0, 0.1) is 0 Å². The van der Waals surface area contributed by atoms with Crippen LogP contribution in [0.5, 0.6) is 5.75 Å². The van der Waals surface area contributed by atoms with Gasteiger partial charge in [0.05, 0.1) is 7.11 Å². The van der Waals surface area contributed by atoms with Crippen molar-refractivity contribution in [1.29, 1.82) is 0 Å². The Labute approximate surface area is 155 Å². The van der Waals surface area contributed by atoms with Crippen molar-refractivity contribution in [2.45, 2.75) is 0 Å². The van der Waals surface area contributed by atoms with E-state index in [2.05, 4.69) is 4.99 Å². The number of carbonyl (C=O) groups excluding carboxylic acids is 1. The minimum Gasteiger partial charge on any atom is -0.497 e. The third-order valence-electron chi connectivity index (χ3n) is 3.42. The van der Waals surface area contributed by atoms with E-state index in [1.165, 1.54) is 0 Å². The predicted molar refractivity (Wildman–Crippen MR) is 100.0 cm³/mol. The molecule has 3 rings (SSSR count). The monoisotopic (exact) mass is 373 g/mol. The van der Waals surface area contributed by atoms with Crippen LogP contribution in [0.3, 0.4) is 0 Å². The summed E-state index contributed by atoms with van der Waals surface area (Å²) in [6, 6.07) is 12.4. The van der Waals surface area contributed by atoms with Crippen LogP contribution in [0.4, 0.5) is 0 Å². The Morgan fingerprint density at radius 3 is 2.52 bits per heavy atom. The minimum absolute atomic E-state index is 0.204. The minimum atomic E-state index is -0.502. The van der Waals surface area contributed by atoms with Gasteiger partial charge in [-0.2, -0.15) is 0 Å². The molecule has 1 aliphatic heterocycles. The first-order valence-electron chi connectivity index (χ1n) is 7.35. The molecule has 0 saturated carbocycles. The first kappa shape index (κ1) is 17.3. The van der Waals surface area contributed by atoms with Gasteiger partial charge in [0.2, 0.25) is 5.90 Å². The number of aliphatic imine (C=N–C) groups is 1. The fourth-order valence-electron chi connectivity index (χ4n) is 2.15. The Kier molecular flexibility index (Phi) is 5.22. The van der Waals surface area contributed by atoms with E-state index in [0.29, 0.717) is 10.0 Å². The van der Waals surface area contributed by atoms with Gasteiger partial charge in [-0.3, -0.25) is 0 Å². The summed E-state index contributed by atoms with van der Waals surface area (Å²) in [5.74, 6) is 0.441. The number of hydrogen-bond acceptors (Lipinski definition) is 4. The molecule has 6 heteroatoms. The van der Waals surface area contributed by atoms with Crippen molar-refractivity contribution < 1.29 is 14.3 Å². The molecule has 25 heavy (non-hydrogen) atoms. The number of esters is 1. The highest BCUT2D eigenvalue weighted by Crippen LogP contribution is 2.23. The van der Waals surface area contributed by atoms with Crippen molar-refractivity contribution in [3.05, 3.63) is 75.4 Å². The molecule has 126 valence electrons. The second-order valence-electron chi connectivity index (χ2n) is 5.14. The highest BCUT2D eigenvalue weighted by Gasteiger charge is 2.21. The van der Waals surface area contributed by atoms with Crippen LogP contribution in [0.1, 0.15) is 11.1 Å². The molecule has 0 spiro atoms. The summed E-state index contributed by atoms with van der Waals surface area (Å²) in [5, 5.41) is 1.05. The van der Waals surface area contributed by atoms with Gasteiger partial charge in [-0.15, -0.1) is 0 Å². The smallest absolute Gasteiger partial charge is 0.363 e. The van der Waals surface area contributed by atoms with Crippen molar-refractivity contribution in [1.82, 2.24) is 0 Å². The summed E-state index contributed by atoms with van der Waals surface area (Å²) >= 11 is 12.0. The molecule has 4 nitrogen and oxygen atoms in total. The maximum absolute atomic E-state index is 11.9. The van der Waals surface area contributed by atoms with Gasteiger partial charge in [0, 0.05) is 16.1 Å². The molecule has 0 fully saturated rings. The summed E-state index contributed by atoms with van der Waals surface area (Å²) in [6.07, 6.45) is 4.95. The third kappa shape index (κ3) is 4.29. The van der Waals surface area contributed by atoms with Gasteiger partial charge in [-0.1, -0.05) is 41.4 Å². The van der Waals surface area contributed by atoms with E-state index in [1.54, 1.807) is 55.7 Å². The normalized spacial score (nSPS) is 15.6. The second kappa shape index (κ2) is 7.55. The maximum Gasteiger partial charge on any atom is 0.363 e.